The molecular weight excluding hydrogens is 334 g/mol. The highest BCUT2D eigenvalue weighted by atomic mass is 79.9. The number of carbonyl (C=O) groups is 1. The van der Waals surface area contributed by atoms with Crippen LogP contribution in [0.15, 0.2) is 29.0 Å². The van der Waals surface area contributed by atoms with Crippen molar-refractivity contribution in [2.75, 3.05) is 12.0 Å². The number of hydrazine groups is 1. The number of rotatable bonds is 2. The van der Waals surface area contributed by atoms with Crippen molar-refractivity contribution in [1.82, 2.24) is 20.0 Å². The maximum absolute atomic E-state index is 11.8. The molecule has 2 N–H and O–H groups in total. The molecule has 0 radical (unpaired) electrons. The number of nitrogens with zero attached hydrogens (tertiary/aromatic N) is 3. The van der Waals surface area contributed by atoms with Crippen LogP contribution in [-0.2, 0) is 4.79 Å². The largest absolute Gasteiger partial charge is 0.339 e. The molecule has 0 bridgehead atoms. The second-order valence-electron chi connectivity index (χ2n) is 5.02. The number of aromatic amines is 1. The van der Waals surface area contributed by atoms with E-state index in [0.717, 1.165) is 32.8 Å². The predicted octanol–water partition coefficient (Wildman–Crippen LogP) is 2.82. The van der Waals surface area contributed by atoms with Crippen molar-refractivity contribution < 1.29 is 4.79 Å². The molecule has 3 heterocycles. The normalized spacial score (nSPS) is 15.3. The van der Waals surface area contributed by atoms with Crippen molar-refractivity contribution in [3.63, 3.8) is 0 Å². The van der Waals surface area contributed by atoms with E-state index in [9.17, 15) is 4.79 Å². The van der Waals surface area contributed by atoms with Gasteiger partial charge in [0.15, 0.2) is 5.82 Å². The third kappa shape index (κ3) is 2.04. The summed E-state index contributed by atoms with van der Waals surface area (Å²) in [6, 6.07) is 5.99. The second-order valence-corrected chi connectivity index (χ2v) is 5.94. The van der Waals surface area contributed by atoms with E-state index < -0.39 is 0 Å². The number of fused-ring (bicyclic) bond motifs is 3. The summed E-state index contributed by atoms with van der Waals surface area (Å²) in [7, 11) is 0. The lowest BCUT2D eigenvalue weighted by Crippen LogP contribution is -2.31. The summed E-state index contributed by atoms with van der Waals surface area (Å²) in [6.07, 6.45) is 2.96. The first-order valence-corrected chi connectivity index (χ1v) is 7.50. The number of amides is 1. The summed E-state index contributed by atoms with van der Waals surface area (Å²) in [5.74, 6) is 0.758. The van der Waals surface area contributed by atoms with Crippen LogP contribution in [0.2, 0.25) is 0 Å². The van der Waals surface area contributed by atoms with Gasteiger partial charge in [0.25, 0.3) is 0 Å². The zero-order valence-corrected chi connectivity index (χ0v) is 12.6. The number of nitrogens with one attached hydrogen (secondary N) is 2. The van der Waals surface area contributed by atoms with Gasteiger partial charge in [-0.3, -0.25) is 15.2 Å². The molecule has 0 aliphatic carbocycles. The zero-order chi connectivity index (χ0) is 14.4. The summed E-state index contributed by atoms with van der Waals surface area (Å²) in [5.41, 5.74) is 4.87. The highest BCUT2D eigenvalue weighted by Crippen LogP contribution is 2.31. The Balaban J connectivity index is 1.88. The Hall–Kier alpha value is -2.15. The van der Waals surface area contributed by atoms with Gasteiger partial charge in [-0.15, -0.1) is 0 Å². The highest BCUT2D eigenvalue weighted by molar-refractivity contribution is 9.10. The lowest BCUT2D eigenvalue weighted by molar-refractivity contribution is -0.126. The molecule has 1 saturated heterocycles. The fourth-order valence-corrected chi connectivity index (χ4v) is 3.04. The minimum atomic E-state index is 0.101. The fourth-order valence-electron chi connectivity index (χ4n) is 2.68. The number of hydrogen-bond acceptors (Lipinski definition) is 4. The molecule has 6 nitrogen and oxygen atoms in total. The lowest BCUT2D eigenvalue weighted by atomic mass is 10.2. The number of anilines is 1. The molecule has 1 aliphatic rings. The van der Waals surface area contributed by atoms with E-state index in [4.69, 9.17) is 0 Å². The number of halogens is 1. The van der Waals surface area contributed by atoms with Gasteiger partial charge in [-0.2, -0.15) is 0 Å². The van der Waals surface area contributed by atoms with Crippen molar-refractivity contribution >= 4 is 49.6 Å². The number of hydrogen-bond donors (Lipinski definition) is 2. The van der Waals surface area contributed by atoms with Crippen LogP contribution in [0.5, 0.6) is 0 Å². The van der Waals surface area contributed by atoms with Crippen molar-refractivity contribution in [3.05, 3.63) is 29.0 Å². The Labute approximate surface area is 128 Å². The van der Waals surface area contributed by atoms with Crippen molar-refractivity contribution in [3.8, 4) is 0 Å². The maximum atomic E-state index is 11.8. The third-order valence-electron chi connectivity index (χ3n) is 3.67. The van der Waals surface area contributed by atoms with Crippen molar-refractivity contribution in [1.29, 1.82) is 0 Å². The summed E-state index contributed by atoms with van der Waals surface area (Å²) >= 11 is 3.46. The van der Waals surface area contributed by atoms with E-state index in [1.807, 2.05) is 18.2 Å². The van der Waals surface area contributed by atoms with Gasteiger partial charge < -0.3 is 4.98 Å². The van der Waals surface area contributed by atoms with Gasteiger partial charge in [-0.05, 0) is 18.6 Å². The molecule has 1 aliphatic heterocycles. The minimum Gasteiger partial charge on any atom is -0.339 e. The average Bonchev–Trinajstić information content (AvgIpc) is 3.02. The third-order valence-corrected chi connectivity index (χ3v) is 4.16. The van der Waals surface area contributed by atoms with Crippen molar-refractivity contribution in [2.24, 2.45) is 0 Å². The number of aromatic nitrogens is 3. The molecule has 4 rings (SSSR count). The summed E-state index contributed by atoms with van der Waals surface area (Å²) in [4.78, 5) is 23.6. The molecule has 1 amide bonds. The lowest BCUT2D eigenvalue weighted by Gasteiger charge is -2.17. The van der Waals surface area contributed by atoms with E-state index in [1.165, 1.54) is 6.33 Å². The molecule has 21 heavy (non-hydrogen) atoms. The van der Waals surface area contributed by atoms with Gasteiger partial charge in [0.05, 0.1) is 5.39 Å². The van der Waals surface area contributed by atoms with Crippen LogP contribution < -0.4 is 5.43 Å². The average molecular weight is 346 g/mol. The SMILES string of the molecule is O=C1CCCN1Nc1ncnc2[nH]c3cc(Br)ccc3c12. The molecule has 0 atom stereocenters. The Morgan fingerprint density at radius 3 is 3.05 bits per heavy atom. The van der Waals surface area contributed by atoms with Crippen LogP contribution in [0.4, 0.5) is 5.82 Å². The minimum absolute atomic E-state index is 0.101. The number of carbonyl (C=O) groups excluding carboxylic acids is 1. The molecule has 2 aromatic heterocycles. The van der Waals surface area contributed by atoms with Gasteiger partial charge in [-0.25, -0.2) is 9.97 Å². The Morgan fingerprint density at radius 1 is 1.33 bits per heavy atom. The second kappa shape index (κ2) is 4.70. The number of H-pyrrole nitrogens is 1. The van der Waals surface area contributed by atoms with Crippen molar-refractivity contribution in [2.45, 2.75) is 12.8 Å². The topological polar surface area (TPSA) is 73.9 Å². The summed E-state index contributed by atoms with van der Waals surface area (Å²) < 4.78 is 0.999. The van der Waals surface area contributed by atoms with Gasteiger partial charge in [-0.1, -0.05) is 22.0 Å². The molecule has 1 aromatic carbocycles. The van der Waals surface area contributed by atoms with Crippen LogP contribution in [0, 0.1) is 0 Å². The molecule has 106 valence electrons. The van der Waals surface area contributed by atoms with E-state index in [-0.39, 0.29) is 5.91 Å². The van der Waals surface area contributed by atoms with Gasteiger partial charge in [0, 0.05) is 28.3 Å². The van der Waals surface area contributed by atoms with Gasteiger partial charge in [0.1, 0.15) is 12.0 Å². The Bertz CT molecular complexity index is 859. The van der Waals surface area contributed by atoms with Crippen LogP contribution in [0.3, 0.4) is 0 Å². The fraction of sp³-hybridized carbons (Fsp3) is 0.214. The standard InChI is InChI=1S/C14H12BrN5O/c15-8-3-4-9-10(6-8)18-13-12(9)14(17-7-16-13)19-20-5-1-2-11(20)21/h3-4,6-7H,1-2,5H2,(H2,16,17,18,19). The van der Waals surface area contributed by atoms with Crippen LogP contribution in [-0.4, -0.2) is 32.4 Å². The van der Waals surface area contributed by atoms with E-state index >= 15 is 0 Å². The van der Waals surface area contributed by atoms with Crippen LogP contribution in [0.1, 0.15) is 12.8 Å². The van der Waals surface area contributed by atoms with Crippen LogP contribution in [0.25, 0.3) is 21.9 Å². The quantitative estimate of drug-likeness (QED) is 0.748. The molecular formula is C14H12BrN5O. The molecule has 0 spiro atoms. The Kier molecular flexibility index (Phi) is 2.81. The maximum Gasteiger partial charge on any atom is 0.241 e. The van der Waals surface area contributed by atoms with E-state index in [2.05, 4.69) is 36.3 Å². The molecule has 1 fully saturated rings. The molecule has 0 saturated carbocycles. The summed E-state index contributed by atoms with van der Waals surface area (Å²) in [5, 5.41) is 3.56. The van der Waals surface area contributed by atoms with Gasteiger partial charge >= 0.3 is 0 Å². The first-order valence-electron chi connectivity index (χ1n) is 6.71. The Morgan fingerprint density at radius 2 is 2.24 bits per heavy atom. The molecule has 3 aromatic rings. The highest BCUT2D eigenvalue weighted by Gasteiger charge is 2.22. The number of benzene rings is 1. The zero-order valence-electron chi connectivity index (χ0n) is 11.1. The smallest absolute Gasteiger partial charge is 0.241 e. The van der Waals surface area contributed by atoms with E-state index in [1.54, 1.807) is 5.01 Å². The monoisotopic (exact) mass is 345 g/mol. The van der Waals surface area contributed by atoms with Crippen LogP contribution >= 0.6 is 15.9 Å². The first-order chi connectivity index (χ1) is 10.2. The van der Waals surface area contributed by atoms with E-state index in [0.29, 0.717) is 18.8 Å². The molecule has 0 unspecified atom stereocenters. The summed E-state index contributed by atoms with van der Waals surface area (Å²) in [6.45, 7) is 0.707. The predicted molar refractivity (Wildman–Crippen MR) is 83.7 cm³/mol. The van der Waals surface area contributed by atoms with Gasteiger partial charge in [0.2, 0.25) is 5.91 Å². The molecule has 7 heteroatoms. The first kappa shape index (κ1) is 12.6.